The molecule has 0 aromatic carbocycles. The van der Waals surface area contributed by atoms with Gasteiger partial charge in [0.05, 0.1) is 4.86 Å². The van der Waals surface area contributed by atoms with Crippen molar-refractivity contribution >= 4 is 15.2 Å². The van der Waals surface area contributed by atoms with Crippen molar-refractivity contribution in [1.29, 1.82) is 0 Å². The Kier molecular flexibility index (Phi) is 2.62. The second-order valence-electron chi connectivity index (χ2n) is 2.11. The third kappa shape index (κ3) is 2.03. The van der Waals surface area contributed by atoms with E-state index in [1.54, 1.807) is 18.2 Å². The third-order valence-corrected chi connectivity index (χ3v) is 2.14. The Labute approximate surface area is 66.7 Å². The number of rotatable bonds is 1. The largest absolute Gasteiger partial charge is 0.322 e. The lowest BCUT2D eigenvalue weighted by Gasteiger charge is -2.01. The monoisotopic (exact) mass is 170 g/mol. The van der Waals surface area contributed by atoms with Crippen LogP contribution in [0.4, 0.5) is 0 Å². The fourth-order valence-electron chi connectivity index (χ4n) is 0.791. The molecular weight excluding hydrogens is 162 g/mol. The van der Waals surface area contributed by atoms with Gasteiger partial charge >= 0.3 is 0 Å². The second kappa shape index (κ2) is 3.50. The fourth-order valence-corrected chi connectivity index (χ4v) is 1.19. The lowest BCUT2D eigenvalue weighted by molar-refractivity contribution is 0.627. The first-order valence-electron chi connectivity index (χ1n) is 3.12. The lowest BCUT2D eigenvalue weighted by atomic mass is 10.1. The predicted molar refractivity (Wildman–Crippen MR) is 44.3 cm³/mol. The highest BCUT2D eigenvalue weighted by Crippen LogP contribution is 2.07. The molecule has 0 saturated carbocycles. The van der Waals surface area contributed by atoms with E-state index in [0.29, 0.717) is 11.3 Å². The highest BCUT2D eigenvalue weighted by molar-refractivity contribution is 7.73. The second-order valence-corrected chi connectivity index (χ2v) is 3.10. The summed E-state index contributed by atoms with van der Waals surface area (Å²) in [5, 5.41) is 0. The number of hydrogen-bond donors (Lipinski definition) is 1. The molecule has 1 radical (unpaired) electrons. The van der Waals surface area contributed by atoms with Crippen molar-refractivity contribution in [2.75, 3.05) is 0 Å². The molecule has 1 aliphatic carbocycles. The van der Waals surface area contributed by atoms with Gasteiger partial charge in [-0.25, -0.2) is 0 Å². The molecule has 1 aliphatic rings. The minimum atomic E-state index is -2.09. The van der Waals surface area contributed by atoms with Crippen molar-refractivity contribution in [3.63, 3.8) is 0 Å². The molecule has 0 fully saturated rings. The summed E-state index contributed by atoms with van der Waals surface area (Å²) in [5.74, 6) is 0. The SMILES string of the molecule is N[CH]C1=CCC(=S(=O)=O)C=C1. The van der Waals surface area contributed by atoms with Crippen LogP contribution in [0.15, 0.2) is 23.8 Å². The molecule has 0 aliphatic heterocycles. The molecule has 0 bridgehead atoms. The first-order chi connectivity index (χ1) is 5.24. The fraction of sp³-hybridized carbons (Fsp3) is 0.143. The summed E-state index contributed by atoms with van der Waals surface area (Å²) in [4.78, 5) is 0.399. The number of hydrogen-bond acceptors (Lipinski definition) is 3. The van der Waals surface area contributed by atoms with Crippen LogP contribution in [0.25, 0.3) is 0 Å². The Morgan fingerprint density at radius 1 is 1.45 bits per heavy atom. The molecule has 0 atom stereocenters. The Balaban J connectivity index is 2.89. The standard InChI is InChI=1S/C7H8NO2S/c8-5-6-1-3-7(4-2-6)11(9)10/h1-3,5H,4,8H2. The Morgan fingerprint density at radius 3 is 2.55 bits per heavy atom. The number of allylic oxidation sites excluding steroid dienone is 2. The Hall–Kier alpha value is -0.870. The zero-order valence-corrected chi connectivity index (χ0v) is 6.64. The summed E-state index contributed by atoms with van der Waals surface area (Å²) in [5.41, 5.74) is 6.08. The highest BCUT2D eigenvalue weighted by atomic mass is 32.2. The summed E-state index contributed by atoms with van der Waals surface area (Å²) >= 11 is 0. The number of nitrogens with two attached hydrogens (primary N) is 1. The maximum absolute atomic E-state index is 10.4. The predicted octanol–water partition coefficient (Wildman–Crippen LogP) is 0.0447. The van der Waals surface area contributed by atoms with E-state index in [1.165, 1.54) is 6.54 Å². The van der Waals surface area contributed by atoms with Gasteiger partial charge in [0.15, 0.2) is 0 Å². The normalized spacial score (nSPS) is 16.5. The molecule has 0 amide bonds. The van der Waals surface area contributed by atoms with Crippen molar-refractivity contribution in [3.8, 4) is 0 Å². The van der Waals surface area contributed by atoms with E-state index in [0.717, 1.165) is 5.57 Å². The summed E-state index contributed by atoms with van der Waals surface area (Å²) in [6.07, 6.45) is 5.44. The van der Waals surface area contributed by atoms with Gasteiger partial charge in [-0.1, -0.05) is 12.2 Å². The van der Waals surface area contributed by atoms with Crippen molar-refractivity contribution < 1.29 is 8.42 Å². The van der Waals surface area contributed by atoms with Crippen LogP contribution >= 0.6 is 0 Å². The maximum Gasteiger partial charge on any atom is 0.217 e. The van der Waals surface area contributed by atoms with Crippen LogP contribution in [0, 0.1) is 6.54 Å². The van der Waals surface area contributed by atoms with Crippen LogP contribution in [0.2, 0.25) is 0 Å². The lowest BCUT2D eigenvalue weighted by Crippen LogP contribution is -2.02. The quantitative estimate of drug-likeness (QED) is 0.565. The van der Waals surface area contributed by atoms with E-state index >= 15 is 0 Å². The van der Waals surface area contributed by atoms with Gasteiger partial charge < -0.3 is 5.73 Å². The molecule has 59 valence electrons. The van der Waals surface area contributed by atoms with Crippen LogP contribution in [0.5, 0.6) is 0 Å². The summed E-state index contributed by atoms with van der Waals surface area (Å²) < 4.78 is 20.8. The highest BCUT2D eigenvalue weighted by Gasteiger charge is 2.01. The molecular formula is C7H8NO2S. The molecule has 0 unspecified atom stereocenters. The van der Waals surface area contributed by atoms with Crippen molar-refractivity contribution in [2.24, 2.45) is 5.73 Å². The zero-order valence-electron chi connectivity index (χ0n) is 5.82. The molecule has 4 heteroatoms. The molecule has 0 heterocycles. The van der Waals surface area contributed by atoms with E-state index in [2.05, 4.69) is 0 Å². The molecule has 2 N–H and O–H groups in total. The van der Waals surface area contributed by atoms with Crippen LogP contribution in [0.1, 0.15) is 6.42 Å². The van der Waals surface area contributed by atoms with E-state index in [4.69, 9.17) is 5.73 Å². The average Bonchev–Trinajstić information content (AvgIpc) is 2.05. The molecule has 0 spiro atoms. The van der Waals surface area contributed by atoms with Gasteiger partial charge in [0.25, 0.3) is 0 Å². The first-order valence-corrected chi connectivity index (χ1v) is 4.20. The minimum absolute atomic E-state index is 0.399. The minimum Gasteiger partial charge on any atom is -0.322 e. The van der Waals surface area contributed by atoms with Crippen LogP contribution in [-0.2, 0) is 10.3 Å². The molecule has 3 nitrogen and oxygen atoms in total. The Bertz CT molecular complexity index is 327. The molecule has 0 aromatic rings. The maximum atomic E-state index is 10.4. The van der Waals surface area contributed by atoms with Gasteiger partial charge in [0, 0.05) is 13.0 Å². The van der Waals surface area contributed by atoms with E-state index in [1.807, 2.05) is 0 Å². The summed E-state index contributed by atoms with van der Waals surface area (Å²) in [6, 6.07) is 0. The van der Waals surface area contributed by atoms with Gasteiger partial charge in [0.2, 0.25) is 10.3 Å². The summed E-state index contributed by atoms with van der Waals surface area (Å²) in [6.45, 7) is 1.45. The average molecular weight is 170 g/mol. The van der Waals surface area contributed by atoms with Gasteiger partial charge in [-0.2, -0.15) is 8.42 Å². The van der Waals surface area contributed by atoms with Crippen LogP contribution in [0.3, 0.4) is 0 Å². The van der Waals surface area contributed by atoms with E-state index in [9.17, 15) is 8.42 Å². The van der Waals surface area contributed by atoms with Gasteiger partial charge in [0.1, 0.15) is 0 Å². The van der Waals surface area contributed by atoms with Crippen molar-refractivity contribution in [2.45, 2.75) is 6.42 Å². The molecule has 11 heavy (non-hydrogen) atoms. The molecule has 0 aromatic heterocycles. The van der Waals surface area contributed by atoms with Gasteiger partial charge in [-0.3, -0.25) is 0 Å². The Morgan fingerprint density at radius 2 is 2.18 bits per heavy atom. The first kappa shape index (κ1) is 8.23. The smallest absolute Gasteiger partial charge is 0.217 e. The van der Waals surface area contributed by atoms with Crippen LogP contribution in [-0.4, -0.2) is 13.3 Å². The van der Waals surface area contributed by atoms with Crippen molar-refractivity contribution in [1.82, 2.24) is 0 Å². The zero-order chi connectivity index (χ0) is 8.27. The summed E-state index contributed by atoms with van der Waals surface area (Å²) in [7, 11) is -2.09. The van der Waals surface area contributed by atoms with Gasteiger partial charge in [-0.05, 0) is 11.6 Å². The van der Waals surface area contributed by atoms with Crippen molar-refractivity contribution in [3.05, 3.63) is 30.3 Å². The van der Waals surface area contributed by atoms with Gasteiger partial charge in [-0.15, -0.1) is 0 Å². The van der Waals surface area contributed by atoms with E-state index in [-0.39, 0.29) is 0 Å². The molecule has 1 rings (SSSR count). The van der Waals surface area contributed by atoms with Crippen LogP contribution < -0.4 is 5.73 Å². The molecule has 0 saturated heterocycles. The third-order valence-electron chi connectivity index (χ3n) is 1.41. The topological polar surface area (TPSA) is 60.2 Å². The van der Waals surface area contributed by atoms with E-state index < -0.39 is 10.3 Å².